The summed E-state index contributed by atoms with van der Waals surface area (Å²) in [7, 11) is 0. The molecule has 0 aliphatic carbocycles. The highest BCUT2D eigenvalue weighted by atomic mass is 32.1. The molecule has 3 amide bonds. The number of benzene rings is 1. The van der Waals surface area contributed by atoms with Crippen LogP contribution in [0.2, 0.25) is 0 Å². The van der Waals surface area contributed by atoms with E-state index in [1.807, 2.05) is 41.8 Å². The average Bonchev–Trinajstić information content (AvgIpc) is 3.25. The van der Waals surface area contributed by atoms with Crippen molar-refractivity contribution in [2.75, 3.05) is 6.54 Å². The molecule has 0 spiro atoms. The number of carbonyl (C=O) groups excluding carboxylic acids is 4. The maximum absolute atomic E-state index is 13.0. The second kappa shape index (κ2) is 11.6. The zero-order valence-electron chi connectivity index (χ0n) is 18.8. The largest absolute Gasteiger partial charge is 0.445 e. The van der Waals surface area contributed by atoms with Crippen LogP contribution in [0.25, 0.3) is 0 Å². The molecule has 9 heteroatoms. The number of ether oxygens (including phenoxy) is 1. The molecule has 1 aromatic carbocycles. The molecule has 1 aromatic heterocycles. The summed E-state index contributed by atoms with van der Waals surface area (Å²) in [6.07, 6.45) is 0.811. The Balaban J connectivity index is 1.64. The first-order valence-corrected chi connectivity index (χ1v) is 11.9. The highest BCUT2D eigenvalue weighted by Gasteiger charge is 2.32. The summed E-state index contributed by atoms with van der Waals surface area (Å²) in [4.78, 5) is 51.4. The Morgan fingerprint density at radius 2 is 1.91 bits per heavy atom. The molecule has 1 aliphatic heterocycles. The van der Waals surface area contributed by atoms with E-state index in [4.69, 9.17) is 4.74 Å². The summed E-state index contributed by atoms with van der Waals surface area (Å²) in [5.74, 6) is -2.19. The first kappa shape index (κ1) is 24.4. The van der Waals surface area contributed by atoms with Crippen molar-refractivity contribution >= 4 is 35.0 Å². The molecule has 1 aliphatic rings. The molecule has 2 unspecified atom stereocenters. The van der Waals surface area contributed by atoms with Gasteiger partial charge < -0.3 is 20.7 Å². The first-order valence-electron chi connectivity index (χ1n) is 11.0. The Morgan fingerprint density at radius 3 is 2.64 bits per heavy atom. The molecule has 0 fully saturated rings. The van der Waals surface area contributed by atoms with Gasteiger partial charge in [0.15, 0.2) is 0 Å². The molecule has 0 saturated carbocycles. The molecule has 8 nitrogen and oxygen atoms in total. The third-order valence-corrected chi connectivity index (χ3v) is 6.49. The molecule has 3 rings (SSSR count). The Hall–Kier alpha value is -3.20. The third kappa shape index (κ3) is 6.89. The van der Waals surface area contributed by atoms with Crippen molar-refractivity contribution in [3.63, 3.8) is 0 Å². The number of aryl methyl sites for hydroxylation is 1. The van der Waals surface area contributed by atoms with Crippen LogP contribution in [0.3, 0.4) is 0 Å². The molecule has 2 atom stereocenters. The maximum atomic E-state index is 13.0. The van der Waals surface area contributed by atoms with Crippen LogP contribution >= 0.6 is 11.3 Å². The molecule has 2 aromatic rings. The van der Waals surface area contributed by atoms with E-state index in [0.29, 0.717) is 25.8 Å². The SMILES string of the molecule is CC(C)C(NC(=O)OCc1ccccc1)C(=O)NC1CCc2ccsc2CCNC(=O)C1=O. The highest BCUT2D eigenvalue weighted by Crippen LogP contribution is 2.20. The molecule has 3 N–H and O–H groups in total. The Labute approximate surface area is 197 Å². The van der Waals surface area contributed by atoms with Gasteiger partial charge in [0.05, 0.1) is 6.04 Å². The van der Waals surface area contributed by atoms with Crippen molar-refractivity contribution in [1.29, 1.82) is 0 Å². The van der Waals surface area contributed by atoms with Gasteiger partial charge in [0, 0.05) is 11.4 Å². The van der Waals surface area contributed by atoms with Crippen molar-refractivity contribution < 1.29 is 23.9 Å². The molecular formula is C24H29N3O5S. The second-order valence-corrected chi connectivity index (χ2v) is 9.27. The maximum Gasteiger partial charge on any atom is 0.408 e. The quantitative estimate of drug-likeness (QED) is 0.560. The third-order valence-electron chi connectivity index (χ3n) is 5.47. The first-order chi connectivity index (χ1) is 15.8. The van der Waals surface area contributed by atoms with Crippen LogP contribution in [-0.2, 0) is 38.6 Å². The monoisotopic (exact) mass is 471 g/mol. The predicted molar refractivity (Wildman–Crippen MR) is 125 cm³/mol. The van der Waals surface area contributed by atoms with Crippen molar-refractivity contribution in [1.82, 2.24) is 16.0 Å². The van der Waals surface area contributed by atoms with Gasteiger partial charge in [0.2, 0.25) is 11.7 Å². The van der Waals surface area contributed by atoms with E-state index in [-0.39, 0.29) is 12.5 Å². The number of nitrogens with one attached hydrogen (secondary N) is 3. The number of thiophene rings is 1. The van der Waals surface area contributed by atoms with Gasteiger partial charge in [-0.05, 0) is 47.8 Å². The van der Waals surface area contributed by atoms with Gasteiger partial charge in [-0.3, -0.25) is 14.4 Å². The van der Waals surface area contributed by atoms with Crippen LogP contribution in [0, 0.1) is 5.92 Å². The summed E-state index contributed by atoms with van der Waals surface area (Å²) < 4.78 is 5.22. The van der Waals surface area contributed by atoms with Gasteiger partial charge in [-0.1, -0.05) is 44.2 Å². The second-order valence-electron chi connectivity index (χ2n) is 8.27. The van der Waals surface area contributed by atoms with Gasteiger partial charge in [-0.15, -0.1) is 11.3 Å². The van der Waals surface area contributed by atoms with Gasteiger partial charge in [0.1, 0.15) is 12.6 Å². The number of rotatable bonds is 6. The number of hydrogen-bond donors (Lipinski definition) is 3. The normalized spacial score (nSPS) is 17.5. The molecule has 33 heavy (non-hydrogen) atoms. The van der Waals surface area contributed by atoms with Gasteiger partial charge in [0.25, 0.3) is 5.91 Å². The molecular weight excluding hydrogens is 442 g/mol. The smallest absolute Gasteiger partial charge is 0.408 e. The lowest BCUT2D eigenvalue weighted by atomic mass is 9.98. The average molecular weight is 472 g/mol. The minimum absolute atomic E-state index is 0.0728. The van der Waals surface area contributed by atoms with E-state index in [0.717, 1.165) is 16.0 Å². The fraction of sp³-hybridized carbons (Fsp3) is 0.417. The summed E-state index contributed by atoms with van der Waals surface area (Å²) in [5, 5.41) is 9.88. The number of hydrogen-bond acceptors (Lipinski definition) is 6. The van der Waals surface area contributed by atoms with Crippen molar-refractivity contribution in [3.05, 3.63) is 57.8 Å². The van der Waals surface area contributed by atoms with E-state index in [9.17, 15) is 19.2 Å². The lowest BCUT2D eigenvalue weighted by molar-refractivity contribution is -0.140. The predicted octanol–water partition coefficient (Wildman–Crippen LogP) is 2.36. The van der Waals surface area contributed by atoms with Crippen LogP contribution in [-0.4, -0.2) is 42.3 Å². The van der Waals surface area contributed by atoms with Crippen LogP contribution in [0.1, 0.15) is 36.3 Å². The molecule has 176 valence electrons. The minimum Gasteiger partial charge on any atom is -0.445 e. The van der Waals surface area contributed by atoms with E-state index in [1.165, 1.54) is 0 Å². The number of ketones is 1. The van der Waals surface area contributed by atoms with Gasteiger partial charge >= 0.3 is 6.09 Å². The van der Waals surface area contributed by atoms with Gasteiger partial charge in [-0.25, -0.2) is 4.79 Å². The Morgan fingerprint density at radius 1 is 1.15 bits per heavy atom. The summed E-state index contributed by atoms with van der Waals surface area (Å²) in [6.45, 7) is 3.99. The van der Waals surface area contributed by atoms with E-state index >= 15 is 0 Å². The van der Waals surface area contributed by atoms with Crippen molar-refractivity contribution in [3.8, 4) is 0 Å². The van der Waals surface area contributed by atoms with Crippen LogP contribution in [0.4, 0.5) is 4.79 Å². The fourth-order valence-corrected chi connectivity index (χ4v) is 4.54. The minimum atomic E-state index is -0.980. The van der Waals surface area contributed by atoms with Gasteiger partial charge in [-0.2, -0.15) is 0 Å². The number of fused-ring (bicyclic) bond motifs is 1. The molecule has 2 heterocycles. The van der Waals surface area contributed by atoms with Crippen molar-refractivity contribution in [2.45, 2.75) is 51.8 Å². The summed E-state index contributed by atoms with van der Waals surface area (Å²) >= 11 is 1.61. The Kier molecular flexibility index (Phi) is 8.59. The lowest BCUT2D eigenvalue weighted by Gasteiger charge is -2.25. The summed E-state index contributed by atoms with van der Waals surface area (Å²) in [6, 6.07) is 9.31. The van der Waals surface area contributed by atoms with Crippen LogP contribution in [0.15, 0.2) is 41.8 Å². The van der Waals surface area contributed by atoms with Crippen LogP contribution in [0.5, 0.6) is 0 Å². The molecule has 0 bridgehead atoms. The molecule has 0 radical (unpaired) electrons. The summed E-state index contributed by atoms with van der Waals surface area (Å²) in [5.41, 5.74) is 1.94. The van der Waals surface area contributed by atoms with E-state index in [2.05, 4.69) is 16.0 Å². The number of alkyl carbamates (subject to hydrolysis) is 1. The zero-order valence-corrected chi connectivity index (χ0v) is 19.6. The van der Waals surface area contributed by atoms with E-state index in [1.54, 1.807) is 25.2 Å². The lowest BCUT2D eigenvalue weighted by Crippen LogP contribution is -2.55. The topological polar surface area (TPSA) is 114 Å². The zero-order chi connectivity index (χ0) is 23.8. The Bertz CT molecular complexity index is 989. The van der Waals surface area contributed by atoms with E-state index < -0.39 is 35.8 Å². The number of carbonyl (C=O) groups is 4. The molecule has 0 saturated heterocycles. The fourth-order valence-electron chi connectivity index (χ4n) is 3.60. The van der Waals surface area contributed by atoms with Crippen LogP contribution < -0.4 is 16.0 Å². The standard InChI is InChI=1S/C24H29N3O5S/c1-15(2)20(27-24(31)32-14-16-6-4-3-5-7-16)22(29)26-18-9-8-17-11-13-33-19(17)10-12-25-23(30)21(18)28/h3-7,11,13,15,18,20H,8-10,12,14H2,1-2H3,(H,25,30)(H,26,29)(H,27,31). The highest BCUT2D eigenvalue weighted by molar-refractivity contribution is 7.10. The number of amides is 3. The number of Topliss-reactive ketones (excluding diaryl/α,β-unsaturated/α-hetero) is 1. The van der Waals surface area contributed by atoms with Crippen molar-refractivity contribution in [2.24, 2.45) is 5.92 Å².